The average molecular weight is 670 g/mol. The highest BCUT2D eigenvalue weighted by molar-refractivity contribution is 7.54. The second-order valence-corrected chi connectivity index (χ2v) is 15.0. The molecule has 3 fully saturated rings. The Labute approximate surface area is 276 Å². The van der Waals surface area contributed by atoms with Crippen molar-refractivity contribution in [3.05, 3.63) is 108 Å². The largest absolute Gasteiger partial charge is 0.374 e. The molecule has 47 heavy (non-hydrogen) atoms. The minimum Gasteiger partial charge on any atom is -0.374 e. The van der Waals surface area contributed by atoms with Crippen LogP contribution in [0.3, 0.4) is 0 Å². The van der Waals surface area contributed by atoms with Gasteiger partial charge in [0.1, 0.15) is 24.4 Å². The van der Waals surface area contributed by atoms with E-state index in [4.69, 9.17) is 37.5 Å². The van der Waals surface area contributed by atoms with E-state index in [0.717, 1.165) is 21.8 Å². The Morgan fingerprint density at radius 2 is 1.26 bits per heavy atom. The third-order valence-corrected chi connectivity index (χ3v) is 10.4. The van der Waals surface area contributed by atoms with E-state index < -0.39 is 55.6 Å². The van der Waals surface area contributed by atoms with Crippen molar-refractivity contribution in [2.24, 2.45) is 0 Å². The summed E-state index contributed by atoms with van der Waals surface area (Å²) < 4.78 is 64.5. The van der Waals surface area contributed by atoms with Crippen LogP contribution in [0.25, 0.3) is 0 Å². The number of ether oxygens (including phenoxy) is 6. The summed E-state index contributed by atoms with van der Waals surface area (Å²) in [4.78, 5) is 0. The number of fused-ring (bicyclic) bond motifs is 1. The lowest BCUT2D eigenvalue weighted by atomic mass is 10.1. The molecule has 0 unspecified atom stereocenters. The Balaban J connectivity index is 1.30. The summed E-state index contributed by atoms with van der Waals surface area (Å²) >= 11 is 0. The molecule has 0 bridgehead atoms. The third-order valence-electron chi connectivity index (χ3n) is 8.28. The molecule has 0 saturated carbocycles. The van der Waals surface area contributed by atoms with Gasteiger partial charge in [0, 0.05) is 0 Å². The molecule has 0 aliphatic carbocycles. The van der Waals surface area contributed by atoms with Crippen LogP contribution >= 0.6 is 7.60 Å². The number of hydrogen-bond donors (Lipinski definition) is 1. The maximum Gasteiger partial charge on any atom is 0.353 e. The topological polar surface area (TPSA) is 114 Å². The van der Waals surface area contributed by atoms with Gasteiger partial charge in [0.15, 0.2) is 23.6 Å². The van der Waals surface area contributed by atoms with Crippen molar-refractivity contribution in [2.45, 2.75) is 95.5 Å². The Morgan fingerprint density at radius 3 is 1.77 bits per heavy atom. The van der Waals surface area contributed by atoms with Crippen LogP contribution in [0.2, 0.25) is 0 Å². The normalized spacial score (nSPS) is 27.2. The molecule has 6 rings (SSSR count). The van der Waals surface area contributed by atoms with E-state index in [1.165, 1.54) is 0 Å². The average Bonchev–Trinajstić information content (AvgIpc) is 3.71. The highest BCUT2D eigenvalue weighted by atomic mass is 31.2. The van der Waals surface area contributed by atoms with Crippen LogP contribution in [0.4, 0.5) is 0 Å². The van der Waals surface area contributed by atoms with Crippen LogP contribution < -0.4 is 0 Å². The lowest BCUT2D eigenvalue weighted by molar-refractivity contribution is -0.280. The molecular weight excluding hydrogens is 625 g/mol. The summed E-state index contributed by atoms with van der Waals surface area (Å²) in [5.74, 6) is -3.09. The smallest absolute Gasteiger partial charge is 0.353 e. The zero-order chi connectivity index (χ0) is 33.1. The molecule has 254 valence electrons. The fourth-order valence-electron chi connectivity index (χ4n) is 6.02. The summed E-state index contributed by atoms with van der Waals surface area (Å²) in [7, 11) is -4.21. The summed E-state index contributed by atoms with van der Waals surface area (Å²) in [6.45, 7) is 7.47. The molecular formula is C35H44NO10P. The van der Waals surface area contributed by atoms with E-state index in [0.29, 0.717) is 0 Å². The minimum atomic E-state index is -4.21. The molecule has 3 saturated heterocycles. The van der Waals surface area contributed by atoms with E-state index in [-0.39, 0.29) is 33.0 Å². The van der Waals surface area contributed by atoms with Crippen LogP contribution in [-0.4, -0.2) is 71.5 Å². The quantitative estimate of drug-likeness (QED) is 0.155. The predicted octanol–water partition coefficient (Wildman–Crippen LogP) is 6.24. The van der Waals surface area contributed by atoms with E-state index in [1.54, 1.807) is 13.8 Å². The van der Waals surface area contributed by atoms with Crippen LogP contribution in [0, 0.1) is 0 Å². The SMILES string of the molecule is CC1(C)O[C@H]2[C@@H]([C@H]3COC(C)(C)O3)O[C@H](N(O)[C@@H](COCc3ccccc3)P(=O)(OCc3ccccc3)OCc3ccccc3)[C@H]2O1. The Kier molecular flexibility index (Phi) is 10.6. The molecule has 3 aromatic rings. The van der Waals surface area contributed by atoms with Crippen molar-refractivity contribution in [3.8, 4) is 0 Å². The monoisotopic (exact) mass is 669 g/mol. The van der Waals surface area contributed by atoms with Crippen molar-refractivity contribution >= 4 is 7.60 Å². The Morgan fingerprint density at radius 1 is 0.745 bits per heavy atom. The standard InChI is InChI=1S/C35H44NO10P/c1-34(2)40-23-28(44-34)30-31-32(46-35(3,4)45-31)33(43-30)36(37)29(24-39-20-25-14-8-5-9-15-25)47(38,41-21-26-16-10-6-11-17-26)42-22-27-18-12-7-13-19-27/h5-19,28-33,37H,20-24H2,1-4H3/t28-,29-,30-,31+,32+,33+/m1/s1. The molecule has 3 aliphatic rings. The number of hydrogen-bond acceptors (Lipinski definition) is 11. The van der Waals surface area contributed by atoms with Crippen molar-refractivity contribution in [1.82, 2.24) is 5.06 Å². The van der Waals surface area contributed by atoms with Crippen LogP contribution in [0.1, 0.15) is 44.4 Å². The number of hydroxylamine groups is 2. The van der Waals surface area contributed by atoms with Crippen molar-refractivity contribution in [2.75, 3.05) is 13.2 Å². The first-order valence-electron chi connectivity index (χ1n) is 15.9. The summed E-state index contributed by atoms with van der Waals surface area (Å²) in [6, 6.07) is 28.3. The Hall–Kier alpha value is -2.51. The molecule has 1 N–H and O–H groups in total. The van der Waals surface area contributed by atoms with Crippen molar-refractivity contribution in [1.29, 1.82) is 0 Å². The van der Waals surface area contributed by atoms with Gasteiger partial charge in [-0.25, -0.2) is 0 Å². The first kappa shape index (κ1) is 34.4. The van der Waals surface area contributed by atoms with Crippen molar-refractivity contribution < 1.29 is 47.2 Å². The molecule has 0 aromatic heterocycles. The predicted molar refractivity (Wildman–Crippen MR) is 171 cm³/mol. The second kappa shape index (κ2) is 14.5. The highest BCUT2D eigenvalue weighted by Crippen LogP contribution is 2.57. The first-order valence-corrected chi connectivity index (χ1v) is 17.5. The second-order valence-electron chi connectivity index (χ2n) is 12.8. The van der Waals surface area contributed by atoms with Gasteiger partial charge in [-0.2, -0.15) is 0 Å². The van der Waals surface area contributed by atoms with Gasteiger partial charge >= 0.3 is 7.60 Å². The van der Waals surface area contributed by atoms with Gasteiger partial charge in [0.05, 0.1) is 33.0 Å². The molecule has 6 atom stereocenters. The fourth-order valence-corrected chi connectivity index (χ4v) is 7.81. The van der Waals surface area contributed by atoms with Crippen LogP contribution in [-0.2, 0) is 61.9 Å². The van der Waals surface area contributed by atoms with Crippen LogP contribution in [0.5, 0.6) is 0 Å². The van der Waals surface area contributed by atoms with Gasteiger partial charge in [-0.3, -0.25) is 4.57 Å². The van der Waals surface area contributed by atoms with Gasteiger partial charge in [0.25, 0.3) is 0 Å². The van der Waals surface area contributed by atoms with E-state index in [1.807, 2.05) is 105 Å². The van der Waals surface area contributed by atoms with E-state index in [9.17, 15) is 5.21 Å². The molecule has 3 aliphatic heterocycles. The first-order chi connectivity index (χ1) is 22.5. The lowest BCUT2D eigenvalue weighted by Gasteiger charge is -2.36. The molecule has 0 spiro atoms. The Bertz CT molecular complexity index is 1430. The van der Waals surface area contributed by atoms with Crippen LogP contribution in [0.15, 0.2) is 91.0 Å². The summed E-state index contributed by atoms with van der Waals surface area (Å²) in [5, 5.41) is 13.0. The third kappa shape index (κ3) is 8.39. The van der Waals surface area contributed by atoms with Crippen molar-refractivity contribution in [3.63, 3.8) is 0 Å². The zero-order valence-electron chi connectivity index (χ0n) is 27.2. The minimum absolute atomic E-state index is 0.0227. The van der Waals surface area contributed by atoms with Gasteiger partial charge in [-0.15, -0.1) is 5.06 Å². The number of benzene rings is 3. The molecule has 3 heterocycles. The molecule has 0 radical (unpaired) electrons. The van der Waals surface area contributed by atoms with E-state index >= 15 is 4.57 Å². The fraction of sp³-hybridized carbons (Fsp3) is 0.486. The molecule has 0 amide bonds. The molecule has 12 heteroatoms. The lowest BCUT2D eigenvalue weighted by Crippen LogP contribution is -2.49. The highest BCUT2D eigenvalue weighted by Gasteiger charge is 2.62. The number of nitrogens with zero attached hydrogens (tertiary/aromatic N) is 1. The van der Waals surface area contributed by atoms with E-state index in [2.05, 4.69) is 0 Å². The van der Waals surface area contributed by atoms with Gasteiger partial charge in [-0.05, 0) is 44.4 Å². The molecule has 11 nitrogen and oxygen atoms in total. The zero-order valence-corrected chi connectivity index (χ0v) is 28.1. The summed E-state index contributed by atoms with van der Waals surface area (Å²) in [6.07, 6.45) is -3.63. The maximum atomic E-state index is 15.0. The number of rotatable bonds is 14. The van der Waals surface area contributed by atoms with Gasteiger partial charge < -0.3 is 42.7 Å². The van der Waals surface area contributed by atoms with Gasteiger partial charge in [-0.1, -0.05) is 91.0 Å². The summed E-state index contributed by atoms with van der Waals surface area (Å²) in [5.41, 5.74) is 2.49. The molecule has 3 aromatic carbocycles. The van der Waals surface area contributed by atoms with Gasteiger partial charge in [0.2, 0.25) is 0 Å². The maximum absolute atomic E-state index is 15.0.